The van der Waals surface area contributed by atoms with Gasteiger partial charge in [-0.05, 0) is 66.8 Å². The number of nitrogens with one attached hydrogen (secondary N) is 1. The van der Waals surface area contributed by atoms with Crippen molar-refractivity contribution < 1.29 is 13.9 Å². The zero-order valence-electron chi connectivity index (χ0n) is 25.7. The Morgan fingerprint density at radius 3 is 2.75 bits per heavy atom. The summed E-state index contributed by atoms with van der Waals surface area (Å²) < 4.78 is 20.0. The summed E-state index contributed by atoms with van der Waals surface area (Å²) >= 11 is 0. The number of rotatable bonds is 11. The van der Waals surface area contributed by atoms with Crippen LogP contribution in [0.25, 0.3) is 22.5 Å². The first-order chi connectivity index (χ1) is 21.2. The Kier molecular flexibility index (Phi) is 9.97. The van der Waals surface area contributed by atoms with Crippen LogP contribution in [-0.2, 0) is 11.4 Å². The number of alkyl halides is 1. The highest BCUT2D eigenvalue weighted by Crippen LogP contribution is 2.37. The lowest BCUT2D eigenvalue weighted by atomic mass is 9.85. The molecular formula is C35H41FN6O2. The van der Waals surface area contributed by atoms with E-state index in [1.165, 1.54) is 6.21 Å². The Balaban J connectivity index is 1.26. The van der Waals surface area contributed by atoms with Crippen LogP contribution >= 0.6 is 0 Å². The summed E-state index contributed by atoms with van der Waals surface area (Å²) in [5, 5.41) is 4.99. The molecule has 3 N–H and O–H groups in total. The number of piperidine rings is 1. The molecule has 1 aromatic heterocycles. The van der Waals surface area contributed by atoms with Crippen LogP contribution in [0.4, 0.5) is 4.39 Å². The number of aliphatic imine (C=N–C) groups is 2. The molecule has 1 fully saturated rings. The van der Waals surface area contributed by atoms with Gasteiger partial charge in [-0.15, -0.1) is 0 Å². The first kappa shape index (κ1) is 31.2. The third kappa shape index (κ3) is 7.84. The molecule has 44 heavy (non-hydrogen) atoms. The molecule has 9 heteroatoms. The molecule has 1 amide bonds. The van der Waals surface area contributed by atoms with Gasteiger partial charge in [0.2, 0.25) is 0 Å². The van der Waals surface area contributed by atoms with Crippen LogP contribution in [0.3, 0.4) is 0 Å². The Morgan fingerprint density at radius 2 is 2.00 bits per heavy atom. The van der Waals surface area contributed by atoms with E-state index in [1.807, 2.05) is 35.2 Å². The van der Waals surface area contributed by atoms with Gasteiger partial charge in [0.15, 0.2) is 0 Å². The monoisotopic (exact) mass is 596 g/mol. The number of nitrogens with zero attached hydrogens (tertiary/aromatic N) is 4. The summed E-state index contributed by atoms with van der Waals surface area (Å²) in [4.78, 5) is 28.5. The zero-order valence-corrected chi connectivity index (χ0v) is 25.7. The number of fused-ring (bicyclic) bond motifs is 1. The quantitative estimate of drug-likeness (QED) is 0.222. The normalized spacial score (nSPS) is 17.8. The van der Waals surface area contributed by atoms with E-state index in [2.05, 4.69) is 60.3 Å². The maximum Gasteiger partial charge on any atom is 0.269 e. The van der Waals surface area contributed by atoms with Gasteiger partial charge < -0.3 is 15.8 Å². The number of aromatic nitrogens is 1. The number of pyridine rings is 1. The predicted molar refractivity (Wildman–Crippen MR) is 176 cm³/mol. The number of halogens is 1. The SMILES string of the molecule is CC(C)(C)C1=NC(c2ccc(OCc3ccnc(C=C(/N=C\CN)C(=O)NCCN4CCC[C@H](F)C4)c3)c3ccccc23)=C1. The largest absolute Gasteiger partial charge is 0.488 e. The maximum atomic E-state index is 13.7. The predicted octanol–water partition coefficient (Wildman–Crippen LogP) is 5.58. The van der Waals surface area contributed by atoms with Crippen molar-refractivity contribution in [2.24, 2.45) is 21.1 Å². The molecule has 0 saturated carbocycles. The minimum Gasteiger partial charge on any atom is -0.488 e. The molecule has 8 nitrogen and oxygen atoms in total. The maximum absolute atomic E-state index is 13.7. The summed E-state index contributed by atoms with van der Waals surface area (Å²) in [5.41, 5.74) is 10.5. The molecule has 2 aliphatic rings. The highest BCUT2D eigenvalue weighted by atomic mass is 19.1. The number of amides is 1. The Bertz CT molecular complexity index is 1620. The van der Waals surface area contributed by atoms with Crippen molar-refractivity contribution in [3.8, 4) is 5.75 Å². The van der Waals surface area contributed by atoms with Gasteiger partial charge >= 0.3 is 0 Å². The minimum absolute atomic E-state index is 0.0244. The van der Waals surface area contributed by atoms with Gasteiger partial charge in [-0.3, -0.25) is 24.7 Å². The number of ether oxygens (including phenoxy) is 1. The topological polar surface area (TPSA) is 105 Å². The first-order valence-corrected chi connectivity index (χ1v) is 15.2. The lowest BCUT2D eigenvalue weighted by Gasteiger charge is -2.28. The van der Waals surface area contributed by atoms with Gasteiger partial charge in [-0.25, -0.2) is 4.39 Å². The van der Waals surface area contributed by atoms with Crippen LogP contribution in [0.15, 0.2) is 76.5 Å². The molecule has 2 aliphatic heterocycles. The lowest BCUT2D eigenvalue weighted by molar-refractivity contribution is -0.117. The van der Waals surface area contributed by atoms with Gasteiger partial charge in [-0.1, -0.05) is 45.0 Å². The average molecular weight is 597 g/mol. The second-order valence-corrected chi connectivity index (χ2v) is 12.2. The number of likely N-dealkylation sites (tertiary alicyclic amines) is 1. The van der Waals surface area contributed by atoms with Crippen molar-refractivity contribution >= 4 is 40.4 Å². The number of hydrogen-bond acceptors (Lipinski definition) is 7. The van der Waals surface area contributed by atoms with Crippen molar-refractivity contribution in [1.29, 1.82) is 0 Å². The molecule has 0 unspecified atom stereocenters. The Labute approximate surface area is 258 Å². The molecule has 0 radical (unpaired) electrons. The van der Waals surface area contributed by atoms with Crippen LogP contribution in [0, 0.1) is 5.41 Å². The van der Waals surface area contributed by atoms with Crippen LogP contribution in [0.5, 0.6) is 5.75 Å². The molecule has 2 aromatic carbocycles. The first-order valence-electron chi connectivity index (χ1n) is 15.2. The van der Waals surface area contributed by atoms with Crippen LogP contribution in [0.1, 0.15) is 50.4 Å². The van der Waals surface area contributed by atoms with E-state index in [1.54, 1.807) is 12.3 Å². The van der Waals surface area contributed by atoms with Crippen molar-refractivity contribution in [2.75, 3.05) is 32.7 Å². The second-order valence-electron chi connectivity index (χ2n) is 12.2. The molecule has 0 bridgehead atoms. The van der Waals surface area contributed by atoms with E-state index in [4.69, 9.17) is 15.5 Å². The molecule has 3 aromatic rings. The van der Waals surface area contributed by atoms with Gasteiger partial charge in [-0.2, -0.15) is 0 Å². The Morgan fingerprint density at radius 1 is 1.20 bits per heavy atom. The lowest BCUT2D eigenvalue weighted by Crippen LogP contribution is -2.41. The van der Waals surface area contributed by atoms with Crippen molar-refractivity contribution in [3.63, 3.8) is 0 Å². The van der Waals surface area contributed by atoms with Gasteiger partial charge in [0.25, 0.3) is 5.91 Å². The standard InChI is InChI=1S/C35H41FN6O2/c1-35(2,3)33-21-30(41-33)28-10-11-32(29-9-5-4-8-27(28)29)44-23-24-12-14-38-26(19-24)20-31(39-15-13-37)34(43)40-16-18-42-17-6-7-25(36)22-42/h4-5,8-12,14-15,19-21,25H,6-7,13,16-18,22-23,37H2,1-3H3,(H,40,43)/b31-20?,39-15-/t25-/m0/s1. The molecule has 230 valence electrons. The third-order valence-corrected chi connectivity index (χ3v) is 7.70. The molecule has 1 saturated heterocycles. The molecule has 0 spiro atoms. The fourth-order valence-corrected chi connectivity index (χ4v) is 5.30. The fraction of sp³-hybridized carbons (Fsp3) is 0.371. The summed E-state index contributed by atoms with van der Waals surface area (Å²) in [6.45, 7) is 9.25. The highest BCUT2D eigenvalue weighted by molar-refractivity contribution is 6.15. The van der Waals surface area contributed by atoms with Gasteiger partial charge in [0.05, 0.1) is 11.4 Å². The summed E-state index contributed by atoms with van der Waals surface area (Å²) in [5.74, 6) is 0.442. The van der Waals surface area contributed by atoms with Crippen LogP contribution in [0.2, 0.25) is 0 Å². The molecule has 1 atom stereocenters. The number of nitrogens with two attached hydrogens (primary N) is 1. The van der Waals surface area contributed by atoms with E-state index in [0.717, 1.165) is 52.0 Å². The Hall–Kier alpha value is -4.21. The van der Waals surface area contributed by atoms with E-state index in [-0.39, 0.29) is 23.6 Å². The number of allylic oxidation sites excluding steroid dienone is 1. The summed E-state index contributed by atoms with van der Waals surface area (Å²) in [6.07, 6.45) is 7.61. The zero-order chi connectivity index (χ0) is 31.1. The number of carbonyl (C=O) groups is 1. The van der Waals surface area contributed by atoms with E-state index in [9.17, 15) is 9.18 Å². The van der Waals surface area contributed by atoms with Gasteiger partial charge in [0, 0.05) is 60.7 Å². The minimum atomic E-state index is -0.800. The fourth-order valence-electron chi connectivity index (χ4n) is 5.30. The summed E-state index contributed by atoms with van der Waals surface area (Å²) in [6, 6.07) is 16.0. The van der Waals surface area contributed by atoms with E-state index in [0.29, 0.717) is 38.4 Å². The number of carbonyl (C=O) groups excluding carboxylic acids is 1. The second kappa shape index (κ2) is 14.1. The molecule has 5 rings (SSSR count). The van der Waals surface area contributed by atoms with Crippen molar-refractivity contribution in [2.45, 2.75) is 46.4 Å². The highest BCUT2D eigenvalue weighted by Gasteiger charge is 2.25. The van der Waals surface area contributed by atoms with E-state index < -0.39 is 6.17 Å². The average Bonchev–Trinajstić information content (AvgIpc) is 2.97. The molecule has 3 heterocycles. The van der Waals surface area contributed by atoms with Gasteiger partial charge in [0.1, 0.15) is 24.2 Å². The van der Waals surface area contributed by atoms with E-state index >= 15 is 0 Å². The van der Waals surface area contributed by atoms with Crippen molar-refractivity contribution in [3.05, 3.63) is 83.3 Å². The molecule has 0 aliphatic carbocycles. The van der Waals surface area contributed by atoms with Crippen LogP contribution < -0.4 is 15.8 Å². The van der Waals surface area contributed by atoms with Crippen LogP contribution in [-0.4, -0.2) is 66.6 Å². The third-order valence-electron chi connectivity index (χ3n) is 7.70. The smallest absolute Gasteiger partial charge is 0.269 e. The van der Waals surface area contributed by atoms with Crippen molar-refractivity contribution in [1.82, 2.24) is 15.2 Å². The molecular weight excluding hydrogens is 555 g/mol. The number of benzene rings is 2. The summed E-state index contributed by atoms with van der Waals surface area (Å²) in [7, 11) is 0. The number of hydrogen-bond donors (Lipinski definition) is 2.